The lowest BCUT2D eigenvalue weighted by Gasteiger charge is -2.62. The summed E-state index contributed by atoms with van der Waals surface area (Å²) in [6.45, 7) is 16.2. The minimum absolute atomic E-state index is 0.00235. The Hall–Kier alpha value is -1.04. The van der Waals surface area contributed by atoms with Gasteiger partial charge in [0.05, 0.1) is 11.7 Å². The van der Waals surface area contributed by atoms with Crippen LogP contribution < -0.4 is 0 Å². The lowest BCUT2D eigenvalue weighted by atomic mass is 9.41. The fourth-order valence-corrected chi connectivity index (χ4v) is 9.51. The second-order valence-electron chi connectivity index (χ2n) is 14.5. The molecule has 0 aliphatic heterocycles. The molecule has 0 amide bonds. The Morgan fingerprint density at radius 1 is 1.03 bits per heavy atom. The van der Waals surface area contributed by atoms with Crippen LogP contribution in [0.2, 0.25) is 0 Å². The normalized spacial score (nSPS) is 43.5. The van der Waals surface area contributed by atoms with Crippen molar-refractivity contribution in [3.05, 3.63) is 11.6 Å². The number of carbonyl (C=O) groups excluding carboxylic acids is 2. The number of allylic oxidation sites excluding steroid dienone is 2. The Morgan fingerprint density at radius 2 is 1.66 bits per heavy atom. The zero-order chi connectivity index (χ0) is 26.4. The average Bonchev–Trinajstić information content (AvgIpc) is 3.01. The van der Waals surface area contributed by atoms with E-state index in [9.17, 15) is 24.9 Å². The number of rotatable bonds is 5. The van der Waals surface area contributed by atoms with Crippen LogP contribution in [0, 0.1) is 45.3 Å². The molecule has 0 radical (unpaired) electrons. The summed E-state index contributed by atoms with van der Waals surface area (Å²) < 4.78 is 0. The maximum Gasteiger partial charge on any atom is 0.160 e. The van der Waals surface area contributed by atoms with Crippen molar-refractivity contribution < 1.29 is 24.9 Å². The van der Waals surface area contributed by atoms with E-state index in [-0.39, 0.29) is 39.6 Å². The maximum absolute atomic E-state index is 13.7. The molecule has 2 unspecified atom stereocenters. The molecule has 0 aromatic rings. The number of carbonyl (C=O) groups is 2. The Labute approximate surface area is 211 Å². The number of aliphatic hydroxyl groups excluding tert-OH is 2. The smallest absolute Gasteiger partial charge is 0.160 e. The molecule has 4 rings (SSSR count). The topological polar surface area (TPSA) is 94.8 Å². The van der Waals surface area contributed by atoms with Gasteiger partial charge in [0.15, 0.2) is 5.78 Å². The molecule has 5 heteroatoms. The molecule has 0 saturated heterocycles. The molecule has 0 heterocycles. The summed E-state index contributed by atoms with van der Waals surface area (Å²) in [5.41, 5.74) is -0.925. The molecule has 0 aromatic heterocycles. The first-order chi connectivity index (χ1) is 15.9. The van der Waals surface area contributed by atoms with E-state index in [1.54, 1.807) is 0 Å². The standard InChI is InChI=1S/C30H48O5/c1-17(15-22(32)25(34)27(4,5)35)18-9-13-30(8)20-16-21(31)24-26(2,3)23(33)11-12-28(24,6)19(20)10-14-29(18,30)7/h16-19,22,24-25,32,34-35H,9-15H2,1-8H3/t17-,18-,19-,22?,24-,25?,28+,29-,30+/m0/s1. The van der Waals surface area contributed by atoms with Crippen LogP contribution in [-0.2, 0) is 9.59 Å². The number of hydrogen-bond acceptors (Lipinski definition) is 5. The summed E-state index contributed by atoms with van der Waals surface area (Å²) >= 11 is 0. The van der Waals surface area contributed by atoms with Gasteiger partial charge < -0.3 is 15.3 Å². The number of Topliss-reactive ketones (excluding diaryl/α,β-unsaturated/α-hetero) is 1. The molecule has 0 aromatic carbocycles. The van der Waals surface area contributed by atoms with Crippen LogP contribution in [0.1, 0.15) is 100 Å². The van der Waals surface area contributed by atoms with Gasteiger partial charge in [0, 0.05) is 17.8 Å². The van der Waals surface area contributed by atoms with E-state index < -0.39 is 23.2 Å². The van der Waals surface area contributed by atoms with Gasteiger partial charge in [0.1, 0.15) is 11.9 Å². The van der Waals surface area contributed by atoms with Gasteiger partial charge in [-0.05, 0) is 92.4 Å². The molecule has 4 aliphatic carbocycles. The van der Waals surface area contributed by atoms with Gasteiger partial charge in [-0.25, -0.2) is 0 Å². The monoisotopic (exact) mass is 488 g/mol. The van der Waals surface area contributed by atoms with Gasteiger partial charge in [0.2, 0.25) is 0 Å². The van der Waals surface area contributed by atoms with Gasteiger partial charge in [-0.1, -0.05) is 47.1 Å². The van der Waals surface area contributed by atoms with Crippen molar-refractivity contribution in [2.24, 2.45) is 45.3 Å². The van der Waals surface area contributed by atoms with E-state index in [2.05, 4.69) is 27.7 Å². The predicted molar refractivity (Wildman–Crippen MR) is 136 cm³/mol. The first-order valence-electron chi connectivity index (χ1n) is 13.8. The summed E-state index contributed by atoms with van der Waals surface area (Å²) in [6, 6.07) is 0. The van der Waals surface area contributed by atoms with Crippen LogP contribution in [0.5, 0.6) is 0 Å². The van der Waals surface area contributed by atoms with Crippen LogP contribution in [-0.4, -0.2) is 44.7 Å². The lowest BCUT2D eigenvalue weighted by molar-refractivity contribution is -0.155. The highest BCUT2D eigenvalue weighted by Crippen LogP contribution is 2.72. The summed E-state index contributed by atoms with van der Waals surface area (Å²) in [7, 11) is 0. The first kappa shape index (κ1) is 27.0. The molecule has 3 saturated carbocycles. The van der Waals surface area contributed by atoms with Crippen molar-refractivity contribution in [2.45, 2.75) is 118 Å². The highest BCUT2D eigenvalue weighted by molar-refractivity contribution is 6.00. The maximum atomic E-state index is 13.7. The van der Waals surface area contributed by atoms with Crippen molar-refractivity contribution in [1.82, 2.24) is 0 Å². The number of hydrogen-bond donors (Lipinski definition) is 3. The minimum Gasteiger partial charge on any atom is -0.390 e. The average molecular weight is 489 g/mol. The molecule has 4 aliphatic rings. The van der Waals surface area contributed by atoms with Crippen molar-refractivity contribution in [3.8, 4) is 0 Å². The molecule has 3 N–H and O–H groups in total. The molecule has 3 fully saturated rings. The van der Waals surface area contributed by atoms with Crippen LogP contribution >= 0.6 is 0 Å². The highest BCUT2D eigenvalue weighted by Gasteiger charge is 2.67. The predicted octanol–water partition coefficient (Wildman–Crippen LogP) is 4.86. The van der Waals surface area contributed by atoms with E-state index >= 15 is 0 Å². The van der Waals surface area contributed by atoms with Gasteiger partial charge in [0.25, 0.3) is 0 Å². The van der Waals surface area contributed by atoms with E-state index in [1.807, 2.05) is 19.9 Å². The zero-order valence-corrected chi connectivity index (χ0v) is 23.1. The fourth-order valence-electron chi connectivity index (χ4n) is 9.51. The van der Waals surface area contributed by atoms with E-state index in [0.717, 1.165) is 32.1 Å². The third-order valence-corrected chi connectivity index (χ3v) is 11.8. The third-order valence-electron chi connectivity index (χ3n) is 11.8. The van der Waals surface area contributed by atoms with Gasteiger partial charge >= 0.3 is 0 Å². The molecule has 35 heavy (non-hydrogen) atoms. The molecule has 5 nitrogen and oxygen atoms in total. The van der Waals surface area contributed by atoms with Crippen molar-refractivity contribution in [2.75, 3.05) is 0 Å². The first-order valence-corrected chi connectivity index (χ1v) is 13.8. The van der Waals surface area contributed by atoms with Crippen molar-refractivity contribution >= 4 is 11.6 Å². The van der Waals surface area contributed by atoms with Crippen molar-refractivity contribution in [1.29, 1.82) is 0 Å². The Bertz CT molecular complexity index is 928. The molecule has 9 atom stereocenters. The fraction of sp³-hybridized carbons (Fsp3) is 0.867. The quantitative estimate of drug-likeness (QED) is 0.514. The Kier molecular flexibility index (Phi) is 6.35. The van der Waals surface area contributed by atoms with E-state index in [0.29, 0.717) is 24.7 Å². The summed E-state index contributed by atoms with van der Waals surface area (Å²) in [4.78, 5) is 26.5. The van der Waals surface area contributed by atoms with Gasteiger partial charge in [-0.15, -0.1) is 0 Å². The molecular formula is C30H48O5. The SMILES string of the molecule is C[C@@H](CC(O)C(O)C(C)(C)O)[C@@H]1CC[C@]2(C)C3=CC(=O)[C@H]4C(C)(C)C(=O)CC[C@]4(C)[C@H]3CC[C@@]12C. The van der Waals surface area contributed by atoms with Crippen molar-refractivity contribution in [3.63, 3.8) is 0 Å². The zero-order valence-electron chi connectivity index (χ0n) is 23.1. The van der Waals surface area contributed by atoms with E-state index in [1.165, 1.54) is 19.4 Å². The molecule has 198 valence electrons. The van der Waals surface area contributed by atoms with Gasteiger partial charge in [-0.2, -0.15) is 0 Å². The number of fused-ring (bicyclic) bond motifs is 5. The summed E-state index contributed by atoms with van der Waals surface area (Å²) in [5.74, 6) is 0.990. The lowest BCUT2D eigenvalue weighted by Crippen LogP contribution is -2.59. The van der Waals surface area contributed by atoms with Crippen LogP contribution in [0.4, 0.5) is 0 Å². The molecule has 0 spiro atoms. The number of ketones is 2. The van der Waals surface area contributed by atoms with Crippen LogP contribution in [0.3, 0.4) is 0 Å². The highest BCUT2D eigenvalue weighted by atomic mass is 16.4. The van der Waals surface area contributed by atoms with E-state index in [4.69, 9.17) is 0 Å². The molecular weight excluding hydrogens is 440 g/mol. The Balaban J connectivity index is 1.65. The summed E-state index contributed by atoms with van der Waals surface area (Å²) in [6.07, 6.45) is 5.73. The minimum atomic E-state index is -1.35. The van der Waals surface area contributed by atoms with Crippen LogP contribution in [0.25, 0.3) is 0 Å². The van der Waals surface area contributed by atoms with Gasteiger partial charge in [-0.3, -0.25) is 9.59 Å². The molecule has 0 bridgehead atoms. The Morgan fingerprint density at radius 3 is 2.26 bits per heavy atom. The second kappa shape index (κ2) is 8.23. The third kappa shape index (κ3) is 3.74. The second-order valence-corrected chi connectivity index (χ2v) is 14.5. The summed E-state index contributed by atoms with van der Waals surface area (Å²) in [5, 5.41) is 31.3. The van der Waals surface area contributed by atoms with Crippen LogP contribution in [0.15, 0.2) is 11.6 Å². The number of aliphatic hydroxyl groups is 3. The largest absolute Gasteiger partial charge is 0.390 e.